The van der Waals surface area contributed by atoms with E-state index in [0.29, 0.717) is 0 Å². The molecule has 124 valence electrons. The Labute approximate surface area is 122 Å². The molecule has 1 N–H and O–H groups in total. The molecule has 0 aliphatic carbocycles. The number of benzene rings is 1. The summed E-state index contributed by atoms with van der Waals surface area (Å²) in [5.74, 6) is -3.25. The first-order valence-corrected chi connectivity index (χ1v) is 5.87. The molecule has 0 unspecified atom stereocenters. The predicted octanol–water partition coefficient (Wildman–Crippen LogP) is 3.52. The van der Waals surface area contributed by atoms with Crippen molar-refractivity contribution in [2.45, 2.75) is 17.1 Å². The van der Waals surface area contributed by atoms with E-state index in [1.807, 2.05) is 0 Å². The maximum Gasteiger partial charge on any atom is 0.425 e. The highest BCUT2D eigenvalue weighted by Crippen LogP contribution is 2.53. The van der Waals surface area contributed by atoms with Gasteiger partial charge in [-0.1, -0.05) is 23.2 Å². The summed E-state index contributed by atoms with van der Waals surface area (Å²) < 4.78 is 79.6. The van der Waals surface area contributed by atoms with Gasteiger partial charge in [0.1, 0.15) is 5.75 Å². The Hall–Kier alpha value is -1.50. The summed E-state index contributed by atoms with van der Waals surface area (Å²) in [6, 6.07) is 5.81. The van der Waals surface area contributed by atoms with Crippen LogP contribution in [0.15, 0.2) is 30.3 Å². The fourth-order valence-corrected chi connectivity index (χ4v) is 1.69. The number of hydrogen-bond donors (Lipinski definition) is 1. The van der Waals surface area contributed by atoms with Crippen LogP contribution in [0.3, 0.4) is 0 Å². The highest BCUT2D eigenvalue weighted by atomic mass is 32.2. The van der Waals surface area contributed by atoms with Crippen molar-refractivity contribution in [3.63, 3.8) is 0 Å². The molecule has 0 amide bonds. The van der Waals surface area contributed by atoms with Gasteiger partial charge in [0, 0.05) is 0 Å². The minimum Gasteiger partial charge on any atom is -0.425 e. The SMILES string of the molecule is O=C(Oc1ccccc1)C(SOOO)(C(F)(F)F)C(F)(F)F. The van der Waals surface area contributed by atoms with Crippen LogP contribution in [0.4, 0.5) is 26.3 Å². The van der Waals surface area contributed by atoms with Gasteiger partial charge in [-0.2, -0.15) is 26.3 Å². The molecule has 0 spiro atoms. The van der Waals surface area contributed by atoms with Crippen LogP contribution in [-0.2, 0) is 14.2 Å². The lowest BCUT2D eigenvalue weighted by molar-refractivity contribution is -0.434. The van der Waals surface area contributed by atoms with Gasteiger partial charge in [-0.3, -0.25) is 0 Å². The molecule has 22 heavy (non-hydrogen) atoms. The number of esters is 1. The summed E-state index contributed by atoms with van der Waals surface area (Å²) in [5, 5.41) is 10.5. The summed E-state index contributed by atoms with van der Waals surface area (Å²) in [6.45, 7) is 0. The molecule has 0 bridgehead atoms. The van der Waals surface area contributed by atoms with E-state index in [-0.39, 0.29) is 0 Å². The minimum absolute atomic E-state index is 0.545. The van der Waals surface area contributed by atoms with Crippen molar-refractivity contribution >= 4 is 18.0 Å². The fourth-order valence-electron chi connectivity index (χ4n) is 1.25. The second-order valence-corrected chi connectivity index (χ2v) is 4.52. The van der Waals surface area contributed by atoms with Gasteiger partial charge in [0.2, 0.25) is 0 Å². The van der Waals surface area contributed by atoms with Crippen molar-refractivity contribution in [2.24, 2.45) is 0 Å². The van der Waals surface area contributed by atoms with Crippen LogP contribution >= 0.6 is 12.0 Å². The Morgan fingerprint density at radius 3 is 1.91 bits per heavy atom. The van der Waals surface area contributed by atoms with E-state index < -0.39 is 40.9 Å². The van der Waals surface area contributed by atoms with Crippen molar-refractivity contribution in [1.29, 1.82) is 0 Å². The third-order valence-electron chi connectivity index (χ3n) is 2.23. The van der Waals surface area contributed by atoms with Crippen LogP contribution in [0, 0.1) is 0 Å². The molecule has 0 saturated carbocycles. The maximum atomic E-state index is 12.9. The largest absolute Gasteiger partial charge is 0.425 e. The van der Waals surface area contributed by atoms with Crippen molar-refractivity contribution in [2.75, 3.05) is 0 Å². The molecular formula is C10H6F6O5S. The Morgan fingerprint density at radius 2 is 1.50 bits per heavy atom. The number of carbonyl (C=O) groups excluding carboxylic acids is 1. The quantitative estimate of drug-likeness (QED) is 0.218. The average Bonchev–Trinajstić information content (AvgIpc) is 2.37. The summed E-state index contributed by atoms with van der Waals surface area (Å²) in [6.07, 6.45) is -12.3. The molecule has 0 fully saturated rings. The molecule has 1 aromatic carbocycles. The Bertz CT molecular complexity index is 489. The third kappa shape index (κ3) is 3.63. The Morgan fingerprint density at radius 1 is 1.00 bits per heavy atom. The van der Waals surface area contributed by atoms with Crippen LogP contribution < -0.4 is 4.74 Å². The highest BCUT2D eigenvalue weighted by molar-refractivity contribution is 7.96. The second kappa shape index (κ2) is 6.73. The molecule has 5 nitrogen and oxygen atoms in total. The van der Waals surface area contributed by atoms with Crippen molar-refractivity contribution < 1.29 is 50.5 Å². The van der Waals surface area contributed by atoms with Gasteiger partial charge >= 0.3 is 23.1 Å². The lowest BCUT2D eigenvalue weighted by atomic mass is 10.1. The van der Waals surface area contributed by atoms with E-state index in [0.717, 1.165) is 12.1 Å². The average molecular weight is 352 g/mol. The molecule has 12 heteroatoms. The smallest absolute Gasteiger partial charge is 0.425 e. The number of para-hydroxylation sites is 1. The fraction of sp³-hybridized carbons (Fsp3) is 0.300. The van der Waals surface area contributed by atoms with E-state index >= 15 is 0 Å². The molecule has 0 aromatic heterocycles. The minimum atomic E-state index is -6.15. The molecule has 0 atom stereocenters. The van der Waals surface area contributed by atoms with Gasteiger partial charge in [-0.15, -0.1) is 4.33 Å². The highest BCUT2D eigenvalue weighted by Gasteiger charge is 2.79. The first kappa shape index (κ1) is 18.5. The number of rotatable bonds is 5. The van der Waals surface area contributed by atoms with E-state index in [2.05, 4.69) is 14.1 Å². The van der Waals surface area contributed by atoms with Crippen LogP contribution in [0.1, 0.15) is 0 Å². The van der Waals surface area contributed by atoms with Gasteiger partial charge in [-0.25, -0.2) is 10.1 Å². The molecular weight excluding hydrogens is 346 g/mol. The number of hydrogen-bond acceptors (Lipinski definition) is 6. The first-order chi connectivity index (χ1) is 10.1. The van der Waals surface area contributed by atoms with Crippen molar-refractivity contribution in [1.82, 2.24) is 0 Å². The maximum absolute atomic E-state index is 12.9. The zero-order chi connectivity index (χ0) is 17.0. The number of halogens is 6. The topological polar surface area (TPSA) is 65.0 Å². The summed E-state index contributed by atoms with van der Waals surface area (Å²) in [7, 11) is 0. The standard InChI is InChI=1S/C10H6F6O5S/c11-9(12,13)8(10(14,15)16,22-21-20-18)7(17)19-6-4-2-1-3-5-6/h1-5,18H. The number of ether oxygens (including phenoxy) is 1. The first-order valence-electron chi connectivity index (χ1n) is 5.13. The van der Waals surface area contributed by atoms with E-state index in [1.165, 1.54) is 18.2 Å². The summed E-state index contributed by atoms with van der Waals surface area (Å²) >= 11 is -1.49. The van der Waals surface area contributed by atoms with Crippen LogP contribution in [0.25, 0.3) is 0 Å². The molecule has 0 saturated heterocycles. The Balaban J connectivity index is 3.26. The molecule has 0 radical (unpaired) electrons. The summed E-state index contributed by atoms with van der Waals surface area (Å²) in [4.78, 5) is 11.5. The lowest BCUT2D eigenvalue weighted by Crippen LogP contribution is -2.61. The van der Waals surface area contributed by atoms with Crippen LogP contribution in [-0.4, -0.2) is 28.3 Å². The molecule has 0 aliphatic rings. The molecule has 1 aromatic rings. The Kier molecular flexibility index (Phi) is 5.67. The van der Waals surface area contributed by atoms with Gasteiger partial charge < -0.3 is 4.74 Å². The lowest BCUT2D eigenvalue weighted by Gasteiger charge is -2.32. The van der Waals surface area contributed by atoms with Gasteiger partial charge in [-0.05, 0) is 12.1 Å². The third-order valence-corrected chi connectivity index (χ3v) is 3.24. The van der Waals surface area contributed by atoms with E-state index in [9.17, 15) is 31.1 Å². The second-order valence-electron chi connectivity index (χ2n) is 3.61. The molecule has 1 rings (SSSR count). The monoisotopic (exact) mass is 352 g/mol. The van der Waals surface area contributed by atoms with Crippen LogP contribution in [0.2, 0.25) is 0 Å². The number of carbonyl (C=O) groups is 1. The molecule has 0 heterocycles. The van der Waals surface area contributed by atoms with E-state index in [1.54, 1.807) is 0 Å². The van der Waals surface area contributed by atoms with Crippen LogP contribution in [0.5, 0.6) is 5.75 Å². The van der Waals surface area contributed by atoms with Crippen molar-refractivity contribution in [3.05, 3.63) is 30.3 Å². The summed E-state index contributed by atoms with van der Waals surface area (Å²) in [5.41, 5.74) is 0. The molecule has 0 aliphatic heterocycles. The van der Waals surface area contributed by atoms with Gasteiger partial charge in [0.25, 0.3) is 0 Å². The van der Waals surface area contributed by atoms with Gasteiger partial charge in [0.15, 0.2) is 0 Å². The van der Waals surface area contributed by atoms with Crippen molar-refractivity contribution in [3.8, 4) is 5.75 Å². The zero-order valence-corrected chi connectivity index (χ0v) is 11.0. The zero-order valence-electron chi connectivity index (χ0n) is 10.1. The normalized spacial score (nSPS) is 13.0. The number of alkyl halides is 6. The van der Waals surface area contributed by atoms with Gasteiger partial charge in [0.05, 0.1) is 12.0 Å². The predicted molar refractivity (Wildman–Crippen MR) is 59.3 cm³/mol. The van der Waals surface area contributed by atoms with E-state index in [4.69, 9.17) is 5.26 Å².